The number of allylic oxidation sites excluding steroid dienone is 5. The number of carbonyl (C=O) groups is 5. The molecular weight excluding hydrogens is 652 g/mol. The Hall–Kier alpha value is -4.57. The van der Waals surface area contributed by atoms with E-state index in [0.717, 1.165) is 11.1 Å². The largest absolute Gasteiger partial charge is 0.482 e. The number of Topliss-reactive ketones (excluding diaryl/α,β-unsaturated/α-hetero) is 3. The minimum Gasteiger partial charge on any atom is -0.482 e. The van der Waals surface area contributed by atoms with E-state index in [-0.39, 0.29) is 58.0 Å². The van der Waals surface area contributed by atoms with Crippen molar-refractivity contribution in [3.8, 4) is 17.2 Å². The molecule has 1 aromatic carbocycles. The van der Waals surface area contributed by atoms with Gasteiger partial charge in [-0.3, -0.25) is 14.4 Å². The molecule has 0 radical (unpaired) electrons. The lowest BCUT2D eigenvalue weighted by Crippen LogP contribution is -2.72. The second-order valence-corrected chi connectivity index (χ2v) is 15.8. The minimum atomic E-state index is -1.66. The fourth-order valence-corrected chi connectivity index (χ4v) is 9.01. The molecule has 0 N–H and O–H groups in total. The lowest BCUT2D eigenvalue weighted by Gasteiger charge is -2.56. The topological polar surface area (TPSA) is 132 Å². The van der Waals surface area contributed by atoms with Crippen LogP contribution in [0.1, 0.15) is 103 Å². The minimum absolute atomic E-state index is 0.0138. The Balaban J connectivity index is 1.51. The maximum absolute atomic E-state index is 15.2. The van der Waals surface area contributed by atoms with Gasteiger partial charge in [0.1, 0.15) is 22.7 Å². The summed E-state index contributed by atoms with van der Waals surface area (Å²) in [6.45, 7) is 15.2. The molecule has 0 aromatic heterocycles. The lowest BCUT2D eigenvalue weighted by atomic mass is 9.51. The number of ether oxygens (including phenoxy) is 5. The Kier molecular flexibility index (Phi) is 7.84. The van der Waals surface area contributed by atoms with Crippen LogP contribution in [-0.2, 0) is 35.1 Å². The Morgan fingerprint density at radius 3 is 2.25 bits per heavy atom. The zero-order valence-electron chi connectivity index (χ0n) is 30.7. The molecule has 268 valence electrons. The molecule has 4 aliphatic heterocycles. The van der Waals surface area contributed by atoms with E-state index in [1.165, 1.54) is 7.11 Å². The van der Waals surface area contributed by atoms with Crippen molar-refractivity contribution in [1.29, 1.82) is 0 Å². The van der Waals surface area contributed by atoms with Crippen LogP contribution in [0.2, 0.25) is 0 Å². The standard InChI is InChI=1S/C41H44O10/c1-20(2)11-10-15-39(8)19-25-28-32(49-39)24(13-12-21(3)4)33-29(34(28)48-37(46)30(25)42)31(43)26-17-23-18-27-38(6,7)51-40(35(23)44,41(26,27)50-33)16-14-22(5)36(45)47-9/h11-12,14,17,19,23,27H,10,13,15-16,18H2,1-9H3/b22-14-. The Bertz CT molecular complexity index is 2010. The molecule has 4 bridgehead atoms. The summed E-state index contributed by atoms with van der Waals surface area (Å²) in [5.41, 5.74) is -1.56. The number of carbonyl (C=O) groups excluding carboxylic acids is 5. The molecule has 1 saturated heterocycles. The van der Waals surface area contributed by atoms with E-state index in [0.29, 0.717) is 30.6 Å². The first kappa shape index (κ1) is 34.9. The highest BCUT2D eigenvalue weighted by molar-refractivity contribution is 6.54. The highest BCUT2D eigenvalue weighted by Crippen LogP contribution is 2.69. The number of benzene rings is 1. The summed E-state index contributed by atoms with van der Waals surface area (Å²) >= 11 is 0. The fraction of sp³-hybridized carbons (Fsp3) is 0.488. The van der Waals surface area contributed by atoms with Crippen LogP contribution in [0.5, 0.6) is 17.2 Å². The van der Waals surface area contributed by atoms with Gasteiger partial charge in [0.25, 0.3) is 5.78 Å². The molecule has 4 heterocycles. The van der Waals surface area contributed by atoms with Gasteiger partial charge in [0.05, 0.1) is 18.3 Å². The number of ketones is 3. The van der Waals surface area contributed by atoms with E-state index in [9.17, 15) is 19.2 Å². The maximum atomic E-state index is 15.2. The van der Waals surface area contributed by atoms with Gasteiger partial charge < -0.3 is 23.7 Å². The lowest BCUT2D eigenvalue weighted by molar-refractivity contribution is -0.171. The van der Waals surface area contributed by atoms with Gasteiger partial charge in [-0.15, -0.1) is 0 Å². The average Bonchev–Trinajstić information content (AvgIpc) is 3.21. The van der Waals surface area contributed by atoms with Crippen molar-refractivity contribution in [2.75, 3.05) is 7.11 Å². The highest BCUT2D eigenvalue weighted by atomic mass is 16.6. The van der Waals surface area contributed by atoms with Crippen LogP contribution in [0.15, 0.2) is 52.7 Å². The fourth-order valence-electron chi connectivity index (χ4n) is 9.01. The molecule has 1 spiro atoms. The van der Waals surface area contributed by atoms with Crippen molar-refractivity contribution in [2.24, 2.45) is 11.8 Å². The van der Waals surface area contributed by atoms with E-state index in [2.05, 4.69) is 6.08 Å². The third-order valence-corrected chi connectivity index (χ3v) is 11.3. The number of hydrogen-bond acceptors (Lipinski definition) is 10. The molecule has 1 aromatic rings. The van der Waals surface area contributed by atoms with Crippen LogP contribution in [-0.4, -0.2) is 58.8 Å². The molecule has 5 unspecified atom stereocenters. The summed E-state index contributed by atoms with van der Waals surface area (Å²) in [6.07, 6.45) is 10.8. The summed E-state index contributed by atoms with van der Waals surface area (Å²) in [7, 11) is 1.28. The molecule has 10 heteroatoms. The second-order valence-electron chi connectivity index (χ2n) is 15.8. The van der Waals surface area contributed by atoms with Gasteiger partial charge in [0.15, 0.2) is 28.5 Å². The van der Waals surface area contributed by atoms with Crippen molar-refractivity contribution < 1.29 is 47.7 Å². The van der Waals surface area contributed by atoms with E-state index in [1.54, 1.807) is 25.2 Å². The summed E-state index contributed by atoms with van der Waals surface area (Å²) < 4.78 is 31.6. The number of rotatable bonds is 8. The number of methoxy groups -OCH3 is 1. The van der Waals surface area contributed by atoms with E-state index in [4.69, 9.17) is 23.7 Å². The van der Waals surface area contributed by atoms with Gasteiger partial charge in [0, 0.05) is 40.5 Å². The van der Waals surface area contributed by atoms with Crippen LogP contribution < -0.4 is 14.2 Å². The average molecular weight is 697 g/mol. The molecule has 5 atom stereocenters. The smallest absolute Gasteiger partial charge is 0.385 e. The van der Waals surface area contributed by atoms with Crippen molar-refractivity contribution in [1.82, 2.24) is 0 Å². The first-order valence-electron chi connectivity index (χ1n) is 17.5. The molecule has 8 rings (SSSR count). The first-order valence-corrected chi connectivity index (χ1v) is 17.5. The second kappa shape index (κ2) is 11.5. The van der Waals surface area contributed by atoms with Crippen LogP contribution in [0.3, 0.4) is 0 Å². The van der Waals surface area contributed by atoms with Gasteiger partial charge in [-0.25, -0.2) is 9.59 Å². The van der Waals surface area contributed by atoms with Gasteiger partial charge in [0.2, 0.25) is 0 Å². The molecule has 3 aliphatic carbocycles. The quantitative estimate of drug-likeness (QED) is 0.0979. The third kappa shape index (κ3) is 4.81. The van der Waals surface area contributed by atoms with Crippen molar-refractivity contribution in [2.45, 2.75) is 110 Å². The molecule has 2 fully saturated rings. The van der Waals surface area contributed by atoms with Crippen LogP contribution in [0.4, 0.5) is 0 Å². The van der Waals surface area contributed by atoms with Crippen LogP contribution >= 0.6 is 0 Å². The van der Waals surface area contributed by atoms with E-state index in [1.807, 2.05) is 54.5 Å². The van der Waals surface area contributed by atoms with Crippen LogP contribution in [0, 0.1) is 11.8 Å². The Labute approximate surface area is 297 Å². The predicted molar refractivity (Wildman–Crippen MR) is 187 cm³/mol. The normalized spacial score (nSPS) is 30.5. The van der Waals surface area contributed by atoms with Crippen LogP contribution in [0.25, 0.3) is 5.57 Å². The molecule has 0 amide bonds. The molecule has 1 saturated carbocycles. The van der Waals surface area contributed by atoms with Gasteiger partial charge in [-0.2, -0.15) is 0 Å². The monoisotopic (exact) mass is 696 g/mol. The Morgan fingerprint density at radius 1 is 0.902 bits per heavy atom. The number of hydrogen-bond donors (Lipinski definition) is 0. The first-order chi connectivity index (χ1) is 23.9. The Morgan fingerprint density at radius 2 is 1.59 bits per heavy atom. The van der Waals surface area contributed by atoms with Gasteiger partial charge in [-0.05, 0) is 87.1 Å². The summed E-state index contributed by atoms with van der Waals surface area (Å²) in [5, 5.41) is 0. The highest BCUT2D eigenvalue weighted by Gasteiger charge is 2.81. The zero-order valence-corrected chi connectivity index (χ0v) is 30.7. The molecular formula is C41H44O10. The summed E-state index contributed by atoms with van der Waals surface area (Å²) in [5.74, 6) is -3.87. The SMILES string of the molecule is COC(=O)/C(C)=C\CC12OC(C)(C)C3CC(C=C4C(=O)c5c(c(CC=C(C)C)c6c7c5OC(=O)C(=O)C7=CC(C)(CCC=C(C)C)O6)OC431)C2=O. The van der Waals surface area contributed by atoms with E-state index < -0.39 is 57.7 Å². The predicted octanol–water partition coefficient (Wildman–Crippen LogP) is 6.48. The molecule has 7 aliphatic rings. The number of esters is 2. The van der Waals surface area contributed by atoms with Crippen molar-refractivity contribution in [3.05, 3.63) is 69.4 Å². The van der Waals surface area contributed by atoms with Gasteiger partial charge in [-0.1, -0.05) is 35.5 Å². The maximum Gasteiger partial charge on any atom is 0.385 e. The number of fused-ring (bicyclic) bond motifs is 2. The summed E-state index contributed by atoms with van der Waals surface area (Å²) in [4.78, 5) is 68.9. The van der Waals surface area contributed by atoms with E-state index >= 15 is 4.79 Å². The third-order valence-electron chi connectivity index (χ3n) is 11.3. The summed E-state index contributed by atoms with van der Waals surface area (Å²) in [6, 6.07) is 0. The van der Waals surface area contributed by atoms with Crippen molar-refractivity contribution in [3.63, 3.8) is 0 Å². The van der Waals surface area contributed by atoms with Gasteiger partial charge >= 0.3 is 11.9 Å². The zero-order chi connectivity index (χ0) is 37.0. The molecule has 51 heavy (non-hydrogen) atoms. The molecule has 10 nitrogen and oxygen atoms in total. The van der Waals surface area contributed by atoms with Crippen molar-refractivity contribution >= 4 is 34.9 Å².